The fraction of sp³-hybridized carbons (Fsp3) is 0.312. The molecule has 0 saturated carbocycles. The Morgan fingerprint density at radius 2 is 2.17 bits per heavy atom. The van der Waals surface area contributed by atoms with Gasteiger partial charge in [-0.3, -0.25) is 9.48 Å². The van der Waals surface area contributed by atoms with Crippen molar-refractivity contribution in [3.05, 3.63) is 41.0 Å². The van der Waals surface area contributed by atoms with Gasteiger partial charge in [-0.1, -0.05) is 11.3 Å². The van der Waals surface area contributed by atoms with E-state index in [1.807, 2.05) is 36.6 Å². The van der Waals surface area contributed by atoms with Crippen molar-refractivity contribution in [3.63, 3.8) is 0 Å². The molecule has 120 valence electrons. The van der Waals surface area contributed by atoms with Gasteiger partial charge >= 0.3 is 0 Å². The molecule has 2 aromatic heterocycles. The van der Waals surface area contributed by atoms with E-state index in [2.05, 4.69) is 10.1 Å². The molecule has 1 amide bonds. The lowest BCUT2D eigenvalue weighted by molar-refractivity contribution is 0.0992. The highest BCUT2D eigenvalue weighted by atomic mass is 32.1. The van der Waals surface area contributed by atoms with Gasteiger partial charge in [-0.15, -0.1) is 0 Å². The van der Waals surface area contributed by atoms with Crippen molar-refractivity contribution < 1.29 is 9.53 Å². The van der Waals surface area contributed by atoms with Gasteiger partial charge in [0.25, 0.3) is 5.91 Å². The van der Waals surface area contributed by atoms with Gasteiger partial charge in [0.15, 0.2) is 10.5 Å². The van der Waals surface area contributed by atoms with Crippen LogP contribution < -0.4 is 9.54 Å². The van der Waals surface area contributed by atoms with Crippen LogP contribution in [-0.2, 0) is 13.6 Å². The summed E-state index contributed by atoms with van der Waals surface area (Å²) < 4.78 is 10.2. The number of ether oxygens (including phenoxy) is 1. The van der Waals surface area contributed by atoms with Gasteiger partial charge in [0.1, 0.15) is 5.75 Å². The molecule has 7 heteroatoms. The fourth-order valence-electron chi connectivity index (χ4n) is 2.37. The summed E-state index contributed by atoms with van der Waals surface area (Å²) >= 11 is 1.48. The summed E-state index contributed by atoms with van der Waals surface area (Å²) in [6.07, 6.45) is 1.73. The lowest BCUT2D eigenvalue weighted by atomic mass is 10.3. The molecular formula is C16H18N4O2S. The van der Waals surface area contributed by atoms with Gasteiger partial charge in [-0.2, -0.15) is 10.1 Å². The second kappa shape index (κ2) is 6.37. The summed E-state index contributed by atoms with van der Waals surface area (Å²) in [6.45, 7) is 5.35. The largest absolute Gasteiger partial charge is 0.494 e. The maximum Gasteiger partial charge on any atom is 0.300 e. The topological polar surface area (TPSA) is 61.4 Å². The lowest BCUT2D eigenvalue weighted by Gasteiger charge is -2.03. The van der Waals surface area contributed by atoms with E-state index in [-0.39, 0.29) is 5.91 Å². The quantitative estimate of drug-likeness (QED) is 0.739. The standard InChI is InChI=1S/C16H18N4O2S/c1-4-20-13-7-6-11(22-5-2)10-14(13)23-16(20)17-15(21)12-8-9-19(3)18-12/h6-10H,4-5H2,1-3H3. The number of carbonyl (C=O) groups excluding carboxylic acids is 1. The molecule has 0 aliphatic heterocycles. The number of carbonyl (C=O) groups is 1. The van der Waals surface area contributed by atoms with E-state index in [0.29, 0.717) is 17.1 Å². The van der Waals surface area contributed by atoms with Crippen LogP contribution in [-0.4, -0.2) is 26.9 Å². The number of amides is 1. The van der Waals surface area contributed by atoms with E-state index >= 15 is 0 Å². The first-order valence-electron chi connectivity index (χ1n) is 7.47. The third-order valence-corrected chi connectivity index (χ3v) is 4.45. The van der Waals surface area contributed by atoms with Crippen LogP contribution in [0.5, 0.6) is 5.75 Å². The Balaban J connectivity index is 2.09. The Morgan fingerprint density at radius 1 is 1.35 bits per heavy atom. The number of fused-ring (bicyclic) bond motifs is 1. The van der Waals surface area contributed by atoms with E-state index in [4.69, 9.17) is 4.74 Å². The Bertz CT molecular complexity index is 920. The van der Waals surface area contributed by atoms with Gasteiger partial charge in [-0.05, 0) is 38.1 Å². The molecule has 0 unspecified atom stereocenters. The lowest BCUT2D eigenvalue weighted by Crippen LogP contribution is -2.16. The molecule has 0 radical (unpaired) electrons. The van der Waals surface area contributed by atoms with Crippen LogP contribution in [0.2, 0.25) is 0 Å². The van der Waals surface area contributed by atoms with Gasteiger partial charge in [-0.25, -0.2) is 0 Å². The predicted molar refractivity (Wildman–Crippen MR) is 89.8 cm³/mol. The van der Waals surface area contributed by atoms with E-state index < -0.39 is 0 Å². The van der Waals surface area contributed by atoms with Crippen molar-refractivity contribution >= 4 is 27.5 Å². The molecule has 2 heterocycles. The van der Waals surface area contributed by atoms with Crippen LogP contribution in [0.1, 0.15) is 24.3 Å². The minimum absolute atomic E-state index is 0.329. The normalized spacial score (nSPS) is 12.0. The molecular weight excluding hydrogens is 312 g/mol. The van der Waals surface area contributed by atoms with Crippen LogP contribution in [0.3, 0.4) is 0 Å². The van der Waals surface area contributed by atoms with Crippen molar-refractivity contribution in [2.75, 3.05) is 6.61 Å². The Labute approximate surface area is 137 Å². The van der Waals surface area contributed by atoms with E-state index in [0.717, 1.165) is 22.5 Å². The van der Waals surface area contributed by atoms with Gasteiger partial charge < -0.3 is 9.30 Å². The molecule has 23 heavy (non-hydrogen) atoms. The minimum atomic E-state index is -0.329. The van der Waals surface area contributed by atoms with Crippen LogP contribution in [0.4, 0.5) is 0 Å². The average molecular weight is 330 g/mol. The number of benzene rings is 1. The molecule has 3 aromatic rings. The molecule has 0 fully saturated rings. The minimum Gasteiger partial charge on any atom is -0.494 e. The average Bonchev–Trinajstić information content (AvgIpc) is 3.10. The maximum atomic E-state index is 12.3. The summed E-state index contributed by atoms with van der Waals surface area (Å²) in [7, 11) is 1.78. The molecule has 0 aliphatic carbocycles. The van der Waals surface area contributed by atoms with Crippen LogP contribution in [0.25, 0.3) is 10.2 Å². The third-order valence-electron chi connectivity index (χ3n) is 3.41. The highest BCUT2D eigenvalue weighted by Gasteiger charge is 2.11. The van der Waals surface area contributed by atoms with Crippen LogP contribution in [0, 0.1) is 0 Å². The number of thiazole rings is 1. The first-order chi connectivity index (χ1) is 11.1. The van der Waals surface area contributed by atoms with Gasteiger partial charge in [0, 0.05) is 19.8 Å². The molecule has 0 bridgehead atoms. The Hall–Kier alpha value is -2.41. The summed E-state index contributed by atoms with van der Waals surface area (Å²) in [5.41, 5.74) is 1.40. The Morgan fingerprint density at radius 3 is 2.83 bits per heavy atom. The predicted octanol–water partition coefficient (Wildman–Crippen LogP) is 2.60. The molecule has 3 rings (SSSR count). The van der Waals surface area contributed by atoms with Gasteiger partial charge in [0.2, 0.25) is 0 Å². The molecule has 0 spiro atoms. The van der Waals surface area contributed by atoms with E-state index in [1.54, 1.807) is 24.0 Å². The van der Waals surface area contributed by atoms with Crippen molar-refractivity contribution in [1.29, 1.82) is 0 Å². The number of rotatable bonds is 4. The SMILES string of the molecule is CCOc1ccc2c(c1)sc(=NC(=O)c1ccn(C)n1)n2CC. The monoisotopic (exact) mass is 330 g/mol. The second-order valence-corrected chi connectivity index (χ2v) is 5.99. The van der Waals surface area contributed by atoms with Crippen molar-refractivity contribution in [2.45, 2.75) is 20.4 Å². The number of aryl methyl sites for hydroxylation is 2. The summed E-state index contributed by atoms with van der Waals surface area (Å²) in [6, 6.07) is 7.60. The maximum absolute atomic E-state index is 12.3. The number of nitrogens with zero attached hydrogens (tertiary/aromatic N) is 4. The Kier molecular flexibility index (Phi) is 4.29. The highest BCUT2D eigenvalue weighted by molar-refractivity contribution is 7.16. The van der Waals surface area contributed by atoms with E-state index in [9.17, 15) is 4.79 Å². The first-order valence-corrected chi connectivity index (χ1v) is 8.29. The van der Waals surface area contributed by atoms with Gasteiger partial charge in [0.05, 0.1) is 16.8 Å². The zero-order valence-corrected chi connectivity index (χ0v) is 14.1. The molecule has 0 atom stereocenters. The molecule has 6 nitrogen and oxygen atoms in total. The first kappa shape index (κ1) is 15.5. The summed E-state index contributed by atoms with van der Waals surface area (Å²) in [4.78, 5) is 17.2. The third kappa shape index (κ3) is 3.05. The zero-order valence-electron chi connectivity index (χ0n) is 13.3. The van der Waals surface area contributed by atoms with Crippen molar-refractivity contribution in [3.8, 4) is 5.75 Å². The molecule has 1 aromatic carbocycles. The fourth-order valence-corrected chi connectivity index (χ4v) is 3.49. The number of aromatic nitrogens is 3. The van der Waals surface area contributed by atoms with Crippen LogP contribution >= 0.6 is 11.3 Å². The highest BCUT2D eigenvalue weighted by Crippen LogP contribution is 2.23. The molecule has 0 N–H and O–H groups in total. The summed E-state index contributed by atoms with van der Waals surface area (Å²) in [5, 5.41) is 4.10. The molecule has 0 aliphatic rings. The number of hydrogen-bond donors (Lipinski definition) is 0. The van der Waals surface area contributed by atoms with E-state index in [1.165, 1.54) is 11.3 Å². The van der Waals surface area contributed by atoms with Crippen molar-refractivity contribution in [2.24, 2.45) is 12.0 Å². The number of hydrogen-bond acceptors (Lipinski definition) is 4. The second-order valence-electron chi connectivity index (χ2n) is 4.98. The smallest absolute Gasteiger partial charge is 0.300 e. The van der Waals surface area contributed by atoms with Crippen molar-refractivity contribution in [1.82, 2.24) is 14.3 Å². The zero-order chi connectivity index (χ0) is 16.4. The van der Waals surface area contributed by atoms with Crippen LogP contribution in [0.15, 0.2) is 35.5 Å². The molecule has 0 saturated heterocycles. The summed E-state index contributed by atoms with van der Waals surface area (Å²) in [5.74, 6) is 0.497.